The van der Waals surface area contributed by atoms with Gasteiger partial charge in [-0.15, -0.1) is 11.3 Å². The first-order valence-electron chi connectivity index (χ1n) is 14.8. The van der Waals surface area contributed by atoms with Crippen molar-refractivity contribution in [2.45, 2.75) is 12.8 Å². The minimum Gasteiger partial charge on any atom is -0.456 e. The zero-order valence-electron chi connectivity index (χ0n) is 23.7. The molecule has 0 unspecified atom stereocenters. The fraction of sp³-hybridized carbons (Fsp3) is 0.0513. The van der Waals surface area contributed by atoms with Crippen LogP contribution < -0.4 is 0 Å². The summed E-state index contributed by atoms with van der Waals surface area (Å²) in [5, 5.41) is 4.53. The third-order valence-corrected chi connectivity index (χ3v) is 9.57. The maximum absolute atomic E-state index is 6.46. The van der Waals surface area contributed by atoms with Crippen LogP contribution in [0.1, 0.15) is 18.4 Å². The minimum absolute atomic E-state index is 0.631. The summed E-state index contributed by atoms with van der Waals surface area (Å²) in [5.41, 5.74) is 7.09. The molecule has 0 atom stereocenters. The lowest BCUT2D eigenvalue weighted by molar-refractivity contribution is 0.669. The van der Waals surface area contributed by atoms with Crippen molar-refractivity contribution in [1.29, 1.82) is 0 Å². The Labute approximate surface area is 257 Å². The van der Waals surface area contributed by atoms with Crippen molar-refractivity contribution in [2.24, 2.45) is 0 Å². The van der Waals surface area contributed by atoms with Crippen molar-refractivity contribution in [3.63, 3.8) is 0 Å². The molecule has 208 valence electrons. The fourth-order valence-corrected chi connectivity index (χ4v) is 7.57. The van der Waals surface area contributed by atoms with E-state index in [1.54, 1.807) is 11.3 Å². The number of rotatable bonds is 4. The summed E-state index contributed by atoms with van der Waals surface area (Å²) in [6, 6.07) is 37.6. The van der Waals surface area contributed by atoms with E-state index in [9.17, 15) is 0 Å². The zero-order valence-corrected chi connectivity index (χ0v) is 24.5. The number of hydrogen-bond donors (Lipinski definition) is 0. The van der Waals surface area contributed by atoms with E-state index in [1.165, 1.54) is 31.3 Å². The first kappa shape index (κ1) is 25.1. The van der Waals surface area contributed by atoms with Gasteiger partial charge in [0.05, 0.1) is 0 Å². The molecular formula is C39H25N3OS. The van der Waals surface area contributed by atoms with Crippen LogP contribution in [0.5, 0.6) is 0 Å². The Hall–Kier alpha value is -5.39. The van der Waals surface area contributed by atoms with Crippen molar-refractivity contribution in [3.8, 4) is 34.2 Å². The van der Waals surface area contributed by atoms with E-state index < -0.39 is 0 Å². The van der Waals surface area contributed by atoms with Gasteiger partial charge in [-0.1, -0.05) is 103 Å². The van der Waals surface area contributed by atoms with Crippen molar-refractivity contribution < 1.29 is 4.42 Å². The highest BCUT2D eigenvalue weighted by molar-refractivity contribution is 7.25. The number of benzene rings is 5. The van der Waals surface area contributed by atoms with E-state index in [0.717, 1.165) is 51.5 Å². The molecule has 0 amide bonds. The Kier molecular flexibility index (Phi) is 5.78. The molecule has 9 rings (SSSR count). The molecule has 3 aromatic heterocycles. The summed E-state index contributed by atoms with van der Waals surface area (Å²) in [6.07, 6.45) is 8.62. The Morgan fingerprint density at radius 2 is 1.18 bits per heavy atom. The molecule has 3 heterocycles. The van der Waals surface area contributed by atoms with Crippen LogP contribution in [0, 0.1) is 0 Å². The van der Waals surface area contributed by atoms with Crippen LogP contribution in [0.4, 0.5) is 0 Å². The van der Waals surface area contributed by atoms with Gasteiger partial charge >= 0.3 is 0 Å². The summed E-state index contributed by atoms with van der Waals surface area (Å²) in [7, 11) is 0. The highest BCUT2D eigenvalue weighted by Crippen LogP contribution is 2.42. The predicted octanol–water partition coefficient (Wildman–Crippen LogP) is 10.9. The summed E-state index contributed by atoms with van der Waals surface area (Å²) in [5.74, 6) is 1.94. The SMILES string of the molecule is C1=CCCC(c2cccc3oc4cccc(-c5nc(-c6ccccc6)nc(-c6cccc7sc8ccccc8c67)n5)c4c23)=C1. The second-order valence-electron chi connectivity index (χ2n) is 11.1. The van der Waals surface area contributed by atoms with Crippen LogP contribution in [0.2, 0.25) is 0 Å². The second kappa shape index (κ2) is 10.1. The molecule has 1 aliphatic rings. The Morgan fingerprint density at radius 1 is 0.545 bits per heavy atom. The van der Waals surface area contributed by atoms with Gasteiger partial charge < -0.3 is 4.42 Å². The van der Waals surface area contributed by atoms with Crippen molar-refractivity contribution >= 4 is 59.0 Å². The van der Waals surface area contributed by atoms with Gasteiger partial charge in [0.1, 0.15) is 11.2 Å². The van der Waals surface area contributed by atoms with Crippen molar-refractivity contribution in [3.05, 3.63) is 133 Å². The Morgan fingerprint density at radius 3 is 1.95 bits per heavy atom. The van der Waals surface area contributed by atoms with E-state index in [-0.39, 0.29) is 0 Å². The van der Waals surface area contributed by atoms with E-state index in [4.69, 9.17) is 19.4 Å². The average molecular weight is 584 g/mol. The molecule has 5 heteroatoms. The number of aromatic nitrogens is 3. The maximum atomic E-state index is 6.46. The van der Waals surface area contributed by atoms with E-state index in [0.29, 0.717) is 17.5 Å². The predicted molar refractivity (Wildman–Crippen MR) is 183 cm³/mol. The molecule has 0 aliphatic heterocycles. The highest BCUT2D eigenvalue weighted by Gasteiger charge is 2.21. The van der Waals surface area contributed by atoms with E-state index >= 15 is 0 Å². The van der Waals surface area contributed by atoms with Crippen molar-refractivity contribution in [1.82, 2.24) is 15.0 Å². The second-order valence-corrected chi connectivity index (χ2v) is 12.2. The monoisotopic (exact) mass is 583 g/mol. The standard InChI is InChI=1S/C39H25N3OS/c1-3-12-24(13-4-1)26-17-9-20-30-35(26)36-29(18-10-21-31(36)43-30)39-41-37(25-14-5-2-6-15-25)40-38(42-39)28-19-11-23-33-34(28)27-16-7-8-22-32(27)44-33/h1-3,5-12,14-23H,4,13H2. The first-order chi connectivity index (χ1) is 21.8. The van der Waals surface area contributed by atoms with Crippen LogP contribution in [0.15, 0.2) is 132 Å². The molecule has 44 heavy (non-hydrogen) atoms. The minimum atomic E-state index is 0.631. The zero-order chi connectivity index (χ0) is 29.0. The van der Waals surface area contributed by atoms with Crippen LogP contribution in [0.25, 0.3) is 81.8 Å². The summed E-state index contributed by atoms with van der Waals surface area (Å²) in [6.45, 7) is 0. The molecule has 1 aliphatic carbocycles. The molecule has 0 saturated carbocycles. The van der Waals surface area contributed by atoms with Gasteiger partial charge in [-0.3, -0.25) is 0 Å². The molecule has 0 bridgehead atoms. The smallest absolute Gasteiger partial charge is 0.164 e. The molecule has 0 saturated heterocycles. The lowest BCUT2D eigenvalue weighted by atomic mass is 9.92. The first-order valence-corrected chi connectivity index (χ1v) is 15.7. The summed E-state index contributed by atoms with van der Waals surface area (Å²) >= 11 is 1.80. The largest absolute Gasteiger partial charge is 0.456 e. The Bertz CT molecular complexity index is 2450. The van der Waals surface area contributed by atoms with Gasteiger partial charge in [0, 0.05) is 47.6 Å². The molecule has 0 fully saturated rings. The molecular weight excluding hydrogens is 559 g/mol. The number of allylic oxidation sites excluding steroid dienone is 4. The lowest BCUT2D eigenvalue weighted by Gasteiger charge is -2.12. The number of nitrogens with zero attached hydrogens (tertiary/aromatic N) is 3. The molecule has 8 aromatic rings. The summed E-state index contributed by atoms with van der Waals surface area (Å²) < 4.78 is 8.92. The molecule has 5 aromatic carbocycles. The van der Waals surface area contributed by atoms with Crippen LogP contribution in [0.3, 0.4) is 0 Å². The van der Waals surface area contributed by atoms with Crippen LogP contribution >= 0.6 is 11.3 Å². The third-order valence-electron chi connectivity index (χ3n) is 8.43. The number of hydrogen-bond acceptors (Lipinski definition) is 5. The van der Waals surface area contributed by atoms with E-state index in [1.807, 2.05) is 30.3 Å². The normalized spacial score (nSPS) is 13.3. The molecule has 0 radical (unpaired) electrons. The third kappa shape index (κ3) is 4.01. The quantitative estimate of drug-likeness (QED) is 0.207. The van der Waals surface area contributed by atoms with Gasteiger partial charge in [-0.05, 0) is 48.2 Å². The number of fused-ring (bicyclic) bond motifs is 6. The van der Waals surface area contributed by atoms with E-state index in [2.05, 4.69) is 97.1 Å². The number of furan rings is 1. The van der Waals surface area contributed by atoms with Gasteiger partial charge in [0.25, 0.3) is 0 Å². The molecule has 4 nitrogen and oxygen atoms in total. The summed E-state index contributed by atoms with van der Waals surface area (Å²) in [4.78, 5) is 15.4. The maximum Gasteiger partial charge on any atom is 0.164 e. The van der Waals surface area contributed by atoms with Crippen LogP contribution in [-0.2, 0) is 0 Å². The number of thiophene rings is 1. The van der Waals surface area contributed by atoms with Crippen molar-refractivity contribution in [2.75, 3.05) is 0 Å². The Balaban J connectivity index is 1.35. The highest BCUT2D eigenvalue weighted by atomic mass is 32.1. The fourth-order valence-electron chi connectivity index (χ4n) is 6.44. The van der Waals surface area contributed by atoms with Gasteiger partial charge in [-0.2, -0.15) is 0 Å². The lowest BCUT2D eigenvalue weighted by Crippen LogP contribution is -2.00. The topological polar surface area (TPSA) is 51.8 Å². The molecule has 0 spiro atoms. The van der Waals surface area contributed by atoms with Gasteiger partial charge in [0.15, 0.2) is 17.5 Å². The molecule has 0 N–H and O–H groups in total. The average Bonchev–Trinajstić information content (AvgIpc) is 3.67. The van der Waals surface area contributed by atoms with Gasteiger partial charge in [0.2, 0.25) is 0 Å². The van der Waals surface area contributed by atoms with Crippen LogP contribution in [-0.4, -0.2) is 15.0 Å². The van der Waals surface area contributed by atoms with Gasteiger partial charge in [-0.25, -0.2) is 15.0 Å².